The first-order valence-corrected chi connectivity index (χ1v) is 5.95. The molecule has 0 saturated carbocycles. The summed E-state index contributed by atoms with van der Waals surface area (Å²) >= 11 is 0. The van der Waals surface area contributed by atoms with Gasteiger partial charge in [-0.1, -0.05) is 43.7 Å². The molecule has 0 aliphatic rings. The average molecular weight is 228 g/mol. The van der Waals surface area contributed by atoms with Crippen LogP contribution in [0.15, 0.2) is 41.2 Å². The Morgan fingerprint density at radius 3 is 2.71 bits per heavy atom. The Morgan fingerprint density at radius 1 is 1.24 bits per heavy atom. The van der Waals surface area contributed by atoms with Crippen molar-refractivity contribution in [3.8, 4) is 11.3 Å². The molecule has 1 aromatic heterocycles. The van der Waals surface area contributed by atoms with Crippen LogP contribution in [-0.2, 0) is 6.42 Å². The lowest BCUT2D eigenvalue weighted by Gasteiger charge is -2.06. The monoisotopic (exact) mass is 228 g/mol. The standard InChI is InChI=1S/C14H16N2O/c1-2-3-7-12-10-13(17)15-16-14(12)11-8-5-4-6-9-11/h4-6,8-10H,2-3,7H2,1H3,(H,15,17). The first-order chi connectivity index (χ1) is 8.31. The molecule has 0 saturated heterocycles. The summed E-state index contributed by atoms with van der Waals surface area (Å²) in [6.07, 6.45) is 3.09. The van der Waals surface area contributed by atoms with E-state index in [-0.39, 0.29) is 5.56 Å². The van der Waals surface area contributed by atoms with Crippen molar-refractivity contribution in [1.29, 1.82) is 0 Å². The SMILES string of the molecule is CCCCc1cc(=O)[nH]nc1-c1ccccc1. The van der Waals surface area contributed by atoms with E-state index in [0.717, 1.165) is 36.1 Å². The molecule has 0 aliphatic carbocycles. The molecule has 0 atom stereocenters. The molecule has 1 aromatic carbocycles. The van der Waals surface area contributed by atoms with Crippen molar-refractivity contribution in [2.24, 2.45) is 0 Å². The van der Waals surface area contributed by atoms with E-state index in [1.54, 1.807) is 6.07 Å². The number of unbranched alkanes of at least 4 members (excludes halogenated alkanes) is 1. The number of H-pyrrole nitrogens is 1. The second-order valence-electron chi connectivity index (χ2n) is 4.08. The van der Waals surface area contributed by atoms with Crippen LogP contribution in [0.1, 0.15) is 25.3 Å². The Bertz CT molecular complexity index is 531. The van der Waals surface area contributed by atoms with Gasteiger partial charge in [-0.05, 0) is 18.4 Å². The molecule has 0 spiro atoms. The van der Waals surface area contributed by atoms with Crippen LogP contribution in [0.5, 0.6) is 0 Å². The third-order valence-electron chi connectivity index (χ3n) is 2.73. The minimum Gasteiger partial charge on any atom is -0.268 e. The molecule has 88 valence electrons. The quantitative estimate of drug-likeness (QED) is 0.874. The third kappa shape index (κ3) is 2.81. The minimum atomic E-state index is -0.129. The van der Waals surface area contributed by atoms with Gasteiger partial charge in [-0.15, -0.1) is 0 Å². The molecular weight excluding hydrogens is 212 g/mol. The fourth-order valence-corrected chi connectivity index (χ4v) is 1.85. The van der Waals surface area contributed by atoms with Crippen LogP contribution >= 0.6 is 0 Å². The van der Waals surface area contributed by atoms with Gasteiger partial charge in [0.2, 0.25) is 0 Å². The van der Waals surface area contributed by atoms with E-state index in [2.05, 4.69) is 17.1 Å². The second kappa shape index (κ2) is 5.43. The van der Waals surface area contributed by atoms with Crippen molar-refractivity contribution in [1.82, 2.24) is 10.2 Å². The zero-order valence-corrected chi connectivity index (χ0v) is 9.94. The fourth-order valence-electron chi connectivity index (χ4n) is 1.85. The summed E-state index contributed by atoms with van der Waals surface area (Å²) in [4.78, 5) is 11.3. The number of hydrogen-bond donors (Lipinski definition) is 1. The van der Waals surface area contributed by atoms with Crippen molar-refractivity contribution < 1.29 is 0 Å². The molecule has 0 unspecified atom stereocenters. The van der Waals surface area contributed by atoms with Crippen LogP contribution in [0.4, 0.5) is 0 Å². The molecule has 0 fully saturated rings. The van der Waals surface area contributed by atoms with Crippen LogP contribution in [0.2, 0.25) is 0 Å². The number of hydrogen-bond acceptors (Lipinski definition) is 2. The van der Waals surface area contributed by atoms with Gasteiger partial charge in [0.1, 0.15) is 0 Å². The van der Waals surface area contributed by atoms with E-state index < -0.39 is 0 Å². The largest absolute Gasteiger partial charge is 0.268 e. The third-order valence-corrected chi connectivity index (χ3v) is 2.73. The van der Waals surface area contributed by atoms with Crippen LogP contribution in [0.25, 0.3) is 11.3 Å². The van der Waals surface area contributed by atoms with Gasteiger partial charge in [0.15, 0.2) is 0 Å². The zero-order chi connectivity index (χ0) is 12.1. The van der Waals surface area contributed by atoms with Crippen molar-refractivity contribution >= 4 is 0 Å². The lowest BCUT2D eigenvalue weighted by Crippen LogP contribution is -2.10. The maximum Gasteiger partial charge on any atom is 0.264 e. The highest BCUT2D eigenvalue weighted by Gasteiger charge is 2.07. The number of aromatic amines is 1. The van der Waals surface area contributed by atoms with Gasteiger partial charge in [0.25, 0.3) is 5.56 Å². The summed E-state index contributed by atoms with van der Waals surface area (Å²) in [5.74, 6) is 0. The van der Waals surface area contributed by atoms with Gasteiger partial charge in [0, 0.05) is 11.6 Å². The fraction of sp³-hybridized carbons (Fsp3) is 0.286. The van der Waals surface area contributed by atoms with Gasteiger partial charge in [-0.25, -0.2) is 5.10 Å². The molecular formula is C14H16N2O. The molecule has 0 radical (unpaired) electrons. The molecule has 1 N–H and O–H groups in total. The molecule has 1 heterocycles. The second-order valence-corrected chi connectivity index (χ2v) is 4.08. The first-order valence-electron chi connectivity index (χ1n) is 5.95. The number of nitrogens with zero attached hydrogens (tertiary/aromatic N) is 1. The highest BCUT2D eigenvalue weighted by molar-refractivity contribution is 5.62. The van der Waals surface area contributed by atoms with E-state index >= 15 is 0 Å². The van der Waals surface area contributed by atoms with Gasteiger partial charge in [-0.2, -0.15) is 5.10 Å². The normalized spacial score (nSPS) is 10.4. The maximum atomic E-state index is 11.3. The molecule has 0 bridgehead atoms. The highest BCUT2D eigenvalue weighted by atomic mass is 16.1. The summed E-state index contributed by atoms with van der Waals surface area (Å²) < 4.78 is 0. The van der Waals surface area contributed by atoms with E-state index in [0.29, 0.717) is 0 Å². The Morgan fingerprint density at radius 2 is 2.00 bits per heavy atom. The van der Waals surface area contributed by atoms with Crippen LogP contribution < -0.4 is 5.56 Å². The molecule has 17 heavy (non-hydrogen) atoms. The number of benzene rings is 1. The molecule has 3 nitrogen and oxygen atoms in total. The number of aryl methyl sites for hydroxylation is 1. The van der Waals surface area contributed by atoms with Gasteiger partial charge < -0.3 is 0 Å². The van der Waals surface area contributed by atoms with E-state index in [1.807, 2.05) is 30.3 Å². The van der Waals surface area contributed by atoms with Crippen LogP contribution in [0, 0.1) is 0 Å². The summed E-state index contributed by atoms with van der Waals surface area (Å²) in [5, 5.41) is 6.67. The van der Waals surface area contributed by atoms with Crippen molar-refractivity contribution in [2.75, 3.05) is 0 Å². The smallest absolute Gasteiger partial charge is 0.264 e. The predicted octanol–water partition coefficient (Wildman–Crippen LogP) is 2.78. The number of nitrogens with one attached hydrogen (secondary N) is 1. The van der Waals surface area contributed by atoms with Crippen LogP contribution in [0.3, 0.4) is 0 Å². The van der Waals surface area contributed by atoms with Gasteiger partial charge >= 0.3 is 0 Å². The van der Waals surface area contributed by atoms with E-state index in [4.69, 9.17) is 0 Å². The highest BCUT2D eigenvalue weighted by Crippen LogP contribution is 2.20. The summed E-state index contributed by atoms with van der Waals surface area (Å²) in [6.45, 7) is 2.14. The summed E-state index contributed by atoms with van der Waals surface area (Å²) in [6, 6.07) is 11.6. The van der Waals surface area contributed by atoms with E-state index in [1.165, 1.54) is 0 Å². The molecule has 0 aliphatic heterocycles. The minimum absolute atomic E-state index is 0.129. The number of rotatable bonds is 4. The Balaban J connectivity index is 2.42. The van der Waals surface area contributed by atoms with Crippen molar-refractivity contribution in [2.45, 2.75) is 26.2 Å². The molecule has 0 amide bonds. The van der Waals surface area contributed by atoms with E-state index in [9.17, 15) is 4.79 Å². The lowest BCUT2D eigenvalue weighted by molar-refractivity contribution is 0.786. The maximum absolute atomic E-state index is 11.3. The molecule has 2 rings (SSSR count). The van der Waals surface area contributed by atoms with Crippen molar-refractivity contribution in [3.63, 3.8) is 0 Å². The number of aromatic nitrogens is 2. The van der Waals surface area contributed by atoms with Gasteiger partial charge in [0.05, 0.1) is 5.69 Å². The predicted molar refractivity (Wildman–Crippen MR) is 68.9 cm³/mol. The van der Waals surface area contributed by atoms with Crippen LogP contribution in [-0.4, -0.2) is 10.2 Å². The Kier molecular flexibility index (Phi) is 3.70. The first kappa shape index (κ1) is 11.6. The molecule has 2 aromatic rings. The van der Waals surface area contributed by atoms with Gasteiger partial charge in [-0.3, -0.25) is 4.79 Å². The topological polar surface area (TPSA) is 45.8 Å². The lowest BCUT2D eigenvalue weighted by atomic mass is 10.0. The average Bonchev–Trinajstić information content (AvgIpc) is 2.37. The molecule has 3 heteroatoms. The summed E-state index contributed by atoms with van der Waals surface area (Å²) in [5.41, 5.74) is 2.84. The van der Waals surface area contributed by atoms with Crippen molar-refractivity contribution in [3.05, 3.63) is 52.3 Å². The zero-order valence-electron chi connectivity index (χ0n) is 9.94. The summed E-state index contributed by atoms with van der Waals surface area (Å²) in [7, 11) is 0. The Hall–Kier alpha value is -1.90. The Labute approximate surface area is 101 Å².